The van der Waals surface area contributed by atoms with Crippen molar-refractivity contribution >= 4 is 17.3 Å². The van der Waals surface area contributed by atoms with Gasteiger partial charge in [-0.05, 0) is 48.4 Å². The van der Waals surface area contributed by atoms with E-state index >= 15 is 0 Å². The van der Waals surface area contributed by atoms with Crippen molar-refractivity contribution in [3.8, 4) is 16.9 Å². The molecule has 2 nitrogen and oxygen atoms in total. The van der Waals surface area contributed by atoms with Crippen LogP contribution >= 0.6 is 11.6 Å². The van der Waals surface area contributed by atoms with E-state index in [-0.39, 0.29) is 6.10 Å². The molecule has 0 fully saturated rings. The highest BCUT2D eigenvalue weighted by Gasteiger charge is 2.19. The van der Waals surface area contributed by atoms with Crippen molar-refractivity contribution in [2.45, 2.75) is 19.4 Å². The van der Waals surface area contributed by atoms with E-state index in [1.54, 1.807) is 6.07 Å². The van der Waals surface area contributed by atoms with Crippen LogP contribution < -0.4 is 10.5 Å². The number of hydrogen-bond donors (Lipinski definition) is 1. The van der Waals surface area contributed by atoms with Crippen LogP contribution in [0.2, 0.25) is 5.02 Å². The van der Waals surface area contributed by atoms with Gasteiger partial charge in [-0.1, -0.05) is 17.7 Å². The van der Waals surface area contributed by atoms with Gasteiger partial charge in [0.2, 0.25) is 0 Å². The Hall–Kier alpha value is -1.67. The van der Waals surface area contributed by atoms with Gasteiger partial charge in [0.1, 0.15) is 11.9 Å². The molecule has 18 heavy (non-hydrogen) atoms. The third-order valence-corrected chi connectivity index (χ3v) is 3.46. The highest BCUT2D eigenvalue weighted by Crippen LogP contribution is 2.35. The first-order valence-electron chi connectivity index (χ1n) is 5.98. The van der Waals surface area contributed by atoms with Crippen LogP contribution in [0, 0.1) is 0 Å². The summed E-state index contributed by atoms with van der Waals surface area (Å²) >= 11 is 6.03. The molecule has 92 valence electrons. The van der Waals surface area contributed by atoms with E-state index < -0.39 is 0 Å². The van der Waals surface area contributed by atoms with E-state index in [4.69, 9.17) is 22.1 Å². The summed E-state index contributed by atoms with van der Waals surface area (Å²) in [7, 11) is 0. The number of halogens is 1. The van der Waals surface area contributed by atoms with Gasteiger partial charge in [-0.2, -0.15) is 0 Å². The molecule has 1 unspecified atom stereocenters. The van der Waals surface area contributed by atoms with Gasteiger partial charge in [-0.3, -0.25) is 0 Å². The Morgan fingerprint density at radius 2 is 2.06 bits per heavy atom. The topological polar surface area (TPSA) is 35.2 Å². The first-order chi connectivity index (χ1) is 8.63. The van der Waals surface area contributed by atoms with Gasteiger partial charge in [0.15, 0.2) is 0 Å². The van der Waals surface area contributed by atoms with Gasteiger partial charge < -0.3 is 10.5 Å². The average molecular weight is 260 g/mol. The fraction of sp³-hybridized carbons (Fsp3) is 0.200. The maximum absolute atomic E-state index is 6.03. The normalized spacial score (nSPS) is 17.3. The largest absolute Gasteiger partial charge is 0.490 e. The first kappa shape index (κ1) is 11.4. The van der Waals surface area contributed by atoms with Gasteiger partial charge >= 0.3 is 0 Å². The fourth-order valence-corrected chi connectivity index (χ4v) is 2.54. The van der Waals surface area contributed by atoms with Crippen LogP contribution in [0.5, 0.6) is 5.75 Å². The molecular weight excluding hydrogens is 246 g/mol. The molecule has 1 atom stereocenters. The standard InChI is InChI=1S/C15H14ClNO/c1-9-6-11-7-10(2-5-15(11)18-9)13-8-12(16)3-4-14(13)17/h2-5,7-9H,6,17H2,1H3. The lowest BCUT2D eigenvalue weighted by molar-refractivity contribution is 0.254. The van der Waals surface area contributed by atoms with E-state index in [2.05, 4.69) is 13.0 Å². The first-order valence-corrected chi connectivity index (χ1v) is 6.36. The summed E-state index contributed by atoms with van der Waals surface area (Å²) in [6.07, 6.45) is 1.20. The van der Waals surface area contributed by atoms with Gasteiger partial charge in [-0.25, -0.2) is 0 Å². The molecule has 1 heterocycles. The summed E-state index contributed by atoms with van der Waals surface area (Å²) < 4.78 is 5.69. The summed E-state index contributed by atoms with van der Waals surface area (Å²) in [6, 6.07) is 11.7. The lowest BCUT2D eigenvalue weighted by Gasteiger charge is -2.08. The molecule has 2 N–H and O–H groups in total. The monoisotopic (exact) mass is 259 g/mol. The number of benzene rings is 2. The smallest absolute Gasteiger partial charge is 0.123 e. The number of fused-ring (bicyclic) bond motifs is 1. The van der Waals surface area contributed by atoms with E-state index in [0.29, 0.717) is 5.02 Å². The Bertz CT molecular complexity index is 609. The molecule has 2 aromatic rings. The molecule has 3 heteroatoms. The number of ether oxygens (including phenoxy) is 1. The fourth-order valence-electron chi connectivity index (χ4n) is 2.37. The van der Waals surface area contributed by atoms with Crippen molar-refractivity contribution < 1.29 is 4.74 Å². The second-order valence-electron chi connectivity index (χ2n) is 4.69. The minimum Gasteiger partial charge on any atom is -0.490 e. The van der Waals surface area contributed by atoms with Crippen molar-refractivity contribution in [1.29, 1.82) is 0 Å². The molecule has 0 saturated heterocycles. The minimum atomic E-state index is 0.256. The zero-order chi connectivity index (χ0) is 12.7. The Balaban J connectivity index is 2.08. The van der Waals surface area contributed by atoms with Crippen LogP contribution in [-0.2, 0) is 6.42 Å². The van der Waals surface area contributed by atoms with Crippen molar-refractivity contribution in [3.05, 3.63) is 47.0 Å². The molecule has 1 aliphatic heterocycles. The molecule has 2 aromatic carbocycles. The predicted octanol–water partition coefficient (Wildman–Crippen LogP) is 3.91. The zero-order valence-corrected chi connectivity index (χ0v) is 10.9. The predicted molar refractivity (Wildman–Crippen MR) is 75.1 cm³/mol. The summed E-state index contributed by atoms with van der Waals surface area (Å²) in [5.41, 5.74) is 10.0. The Morgan fingerprint density at radius 3 is 2.89 bits per heavy atom. The molecule has 0 amide bonds. The molecular formula is C15H14ClNO. The molecule has 0 aromatic heterocycles. The summed E-state index contributed by atoms with van der Waals surface area (Å²) in [5.74, 6) is 0.979. The third-order valence-electron chi connectivity index (χ3n) is 3.22. The number of rotatable bonds is 1. The van der Waals surface area contributed by atoms with Crippen LogP contribution in [0.1, 0.15) is 12.5 Å². The van der Waals surface area contributed by atoms with Crippen molar-refractivity contribution in [1.82, 2.24) is 0 Å². The molecule has 3 rings (SSSR count). The van der Waals surface area contributed by atoms with Gasteiger partial charge in [-0.15, -0.1) is 0 Å². The van der Waals surface area contributed by atoms with E-state index in [0.717, 1.165) is 29.0 Å². The zero-order valence-electron chi connectivity index (χ0n) is 10.1. The molecule has 0 saturated carbocycles. The maximum atomic E-state index is 6.03. The average Bonchev–Trinajstić information content (AvgIpc) is 2.71. The lowest BCUT2D eigenvalue weighted by Crippen LogP contribution is -2.05. The Kier molecular flexibility index (Phi) is 2.67. The Labute approximate surface area is 111 Å². The van der Waals surface area contributed by atoms with Crippen LogP contribution in [0.4, 0.5) is 5.69 Å². The van der Waals surface area contributed by atoms with E-state index in [1.807, 2.05) is 24.3 Å². The van der Waals surface area contributed by atoms with Crippen LogP contribution in [0.3, 0.4) is 0 Å². The summed E-state index contributed by atoms with van der Waals surface area (Å²) in [4.78, 5) is 0. The summed E-state index contributed by atoms with van der Waals surface area (Å²) in [5, 5.41) is 0.698. The van der Waals surface area contributed by atoms with Crippen LogP contribution in [0.15, 0.2) is 36.4 Å². The van der Waals surface area contributed by atoms with Gasteiger partial charge in [0.05, 0.1) is 0 Å². The second-order valence-corrected chi connectivity index (χ2v) is 5.12. The van der Waals surface area contributed by atoms with Gasteiger partial charge in [0, 0.05) is 22.7 Å². The van der Waals surface area contributed by atoms with Crippen molar-refractivity contribution in [3.63, 3.8) is 0 Å². The van der Waals surface area contributed by atoms with Gasteiger partial charge in [0.25, 0.3) is 0 Å². The second kappa shape index (κ2) is 4.21. The maximum Gasteiger partial charge on any atom is 0.123 e. The number of nitrogens with two attached hydrogens (primary N) is 1. The highest BCUT2D eigenvalue weighted by molar-refractivity contribution is 6.31. The lowest BCUT2D eigenvalue weighted by atomic mass is 10.00. The summed E-state index contributed by atoms with van der Waals surface area (Å²) in [6.45, 7) is 2.08. The third kappa shape index (κ3) is 1.93. The van der Waals surface area contributed by atoms with Crippen molar-refractivity contribution in [2.75, 3.05) is 5.73 Å². The number of hydrogen-bond acceptors (Lipinski definition) is 2. The molecule has 0 radical (unpaired) electrons. The molecule has 0 aliphatic carbocycles. The Morgan fingerprint density at radius 1 is 1.22 bits per heavy atom. The van der Waals surface area contributed by atoms with Crippen LogP contribution in [0.25, 0.3) is 11.1 Å². The highest BCUT2D eigenvalue weighted by atomic mass is 35.5. The van der Waals surface area contributed by atoms with Crippen molar-refractivity contribution in [2.24, 2.45) is 0 Å². The van der Waals surface area contributed by atoms with Crippen LogP contribution in [-0.4, -0.2) is 6.10 Å². The minimum absolute atomic E-state index is 0.256. The number of anilines is 1. The molecule has 0 spiro atoms. The van der Waals surface area contributed by atoms with E-state index in [9.17, 15) is 0 Å². The number of nitrogen functional groups attached to an aromatic ring is 1. The molecule has 1 aliphatic rings. The quantitative estimate of drug-likeness (QED) is 0.788. The SMILES string of the molecule is CC1Cc2cc(-c3cc(Cl)ccc3N)ccc2O1. The van der Waals surface area contributed by atoms with E-state index in [1.165, 1.54) is 5.56 Å². The molecule has 0 bridgehead atoms.